The van der Waals surface area contributed by atoms with Crippen LogP contribution in [0, 0.1) is 0 Å². The summed E-state index contributed by atoms with van der Waals surface area (Å²) in [5.74, 6) is -0.856. The van der Waals surface area contributed by atoms with Gasteiger partial charge in [-0.1, -0.05) is 12.1 Å². The molecular formula is C13H12F3NO2. The van der Waals surface area contributed by atoms with Crippen molar-refractivity contribution in [2.24, 2.45) is 0 Å². The number of halogens is 3. The number of nitrogens with zero attached hydrogens (tertiary/aromatic N) is 1. The molecular weight excluding hydrogens is 259 g/mol. The predicted octanol–water partition coefficient (Wildman–Crippen LogP) is 2.51. The van der Waals surface area contributed by atoms with Gasteiger partial charge in [0.05, 0.1) is 17.7 Å². The zero-order valence-electron chi connectivity index (χ0n) is 10.0. The number of alkyl halides is 3. The molecule has 0 bridgehead atoms. The minimum atomic E-state index is -4.58. The van der Waals surface area contributed by atoms with Crippen molar-refractivity contribution >= 4 is 11.7 Å². The summed E-state index contributed by atoms with van der Waals surface area (Å²) >= 11 is 0. The van der Waals surface area contributed by atoms with Crippen LogP contribution < -0.4 is 0 Å². The van der Waals surface area contributed by atoms with Crippen LogP contribution in [0.2, 0.25) is 0 Å². The van der Waals surface area contributed by atoms with Gasteiger partial charge in [-0.05, 0) is 18.6 Å². The SMILES string of the molecule is O=C1CCCN(C(=O)c2ccccc2C(F)(F)F)C1. The fraction of sp³-hybridized carbons (Fsp3) is 0.385. The molecule has 1 aromatic rings. The van der Waals surface area contributed by atoms with Crippen molar-refractivity contribution in [3.8, 4) is 0 Å². The van der Waals surface area contributed by atoms with Crippen LogP contribution in [0.25, 0.3) is 0 Å². The van der Waals surface area contributed by atoms with E-state index in [2.05, 4.69) is 0 Å². The first-order valence-corrected chi connectivity index (χ1v) is 5.87. The highest BCUT2D eigenvalue weighted by atomic mass is 19.4. The van der Waals surface area contributed by atoms with E-state index in [0.717, 1.165) is 12.1 Å². The smallest absolute Gasteiger partial charge is 0.331 e. The van der Waals surface area contributed by atoms with Gasteiger partial charge in [0.15, 0.2) is 5.78 Å². The van der Waals surface area contributed by atoms with E-state index in [1.807, 2.05) is 0 Å². The molecule has 1 amide bonds. The lowest BCUT2D eigenvalue weighted by Crippen LogP contribution is -2.40. The topological polar surface area (TPSA) is 37.4 Å². The summed E-state index contributed by atoms with van der Waals surface area (Å²) in [4.78, 5) is 24.5. The summed E-state index contributed by atoms with van der Waals surface area (Å²) in [7, 11) is 0. The van der Waals surface area contributed by atoms with Gasteiger partial charge in [-0.15, -0.1) is 0 Å². The Kier molecular flexibility index (Phi) is 3.59. The van der Waals surface area contributed by atoms with Crippen molar-refractivity contribution in [2.75, 3.05) is 13.1 Å². The molecule has 1 saturated heterocycles. The van der Waals surface area contributed by atoms with Gasteiger partial charge in [0.1, 0.15) is 0 Å². The van der Waals surface area contributed by atoms with E-state index in [4.69, 9.17) is 0 Å². The Morgan fingerprint density at radius 1 is 1.21 bits per heavy atom. The third-order valence-electron chi connectivity index (χ3n) is 3.00. The van der Waals surface area contributed by atoms with Crippen molar-refractivity contribution in [1.29, 1.82) is 0 Å². The number of amides is 1. The van der Waals surface area contributed by atoms with Crippen molar-refractivity contribution < 1.29 is 22.8 Å². The largest absolute Gasteiger partial charge is 0.417 e. The van der Waals surface area contributed by atoms with E-state index in [-0.39, 0.29) is 12.3 Å². The standard InChI is InChI=1S/C13H12F3NO2/c14-13(15,16)11-6-2-1-5-10(11)12(19)17-7-3-4-9(18)8-17/h1-2,5-6H,3-4,7-8H2. The summed E-state index contributed by atoms with van der Waals surface area (Å²) in [5.41, 5.74) is -1.36. The van der Waals surface area contributed by atoms with E-state index < -0.39 is 23.2 Å². The van der Waals surface area contributed by atoms with Gasteiger partial charge in [-0.3, -0.25) is 9.59 Å². The van der Waals surface area contributed by atoms with Gasteiger partial charge >= 0.3 is 6.18 Å². The molecule has 2 rings (SSSR count). The fourth-order valence-electron chi connectivity index (χ4n) is 2.10. The first-order chi connectivity index (χ1) is 8.89. The second-order valence-electron chi connectivity index (χ2n) is 4.41. The Balaban J connectivity index is 2.31. The lowest BCUT2D eigenvalue weighted by molar-refractivity contribution is -0.138. The van der Waals surface area contributed by atoms with Gasteiger partial charge in [0.2, 0.25) is 0 Å². The molecule has 0 radical (unpaired) electrons. The number of likely N-dealkylation sites (tertiary alicyclic amines) is 1. The maximum Gasteiger partial charge on any atom is 0.417 e. The number of carbonyl (C=O) groups excluding carboxylic acids is 2. The average Bonchev–Trinajstić information content (AvgIpc) is 2.37. The molecule has 0 unspecified atom stereocenters. The molecule has 1 aliphatic heterocycles. The average molecular weight is 271 g/mol. The normalized spacial score (nSPS) is 16.6. The van der Waals surface area contributed by atoms with E-state index in [0.29, 0.717) is 19.4 Å². The summed E-state index contributed by atoms with van der Waals surface area (Å²) in [6.45, 7) is 0.210. The minimum Gasteiger partial charge on any atom is -0.331 e. The molecule has 0 aliphatic carbocycles. The molecule has 3 nitrogen and oxygen atoms in total. The lowest BCUT2D eigenvalue weighted by atomic mass is 10.0. The molecule has 19 heavy (non-hydrogen) atoms. The Labute approximate surface area is 108 Å². The van der Waals surface area contributed by atoms with Gasteiger partial charge < -0.3 is 4.90 Å². The van der Waals surface area contributed by atoms with Crippen LogP contribution in [0.3, 0.4) is 0 Å². The first kappa shape index (κ1) is 13.6. The number of Topliss-reactive ketones (excluding diaryl/α,β-unsaturated/α-hetero) is 1. The zero-order chi connectivity index (χ0) is 14.0. The highest BCUT2D eigenvalue weighted by Gasteiger charge is 2.36. The number of piperidine rings is 1. The maximum atomic E-state index is 12.8. The van der Waals surface area contributed by atoms with Gasteiger partial charge in [0, 0.05) is 13.0 Å². The Morgan fingerprint density at radius 2 is 1.89 bits per heavy atom. The second kappa shape index (κ2) is 5.03. The molecule has 0 saturated carbocycles. The Morgan fingerprint density at radius 3 is 2.53 bits per heavy atom. The van der Waals surface area contributed by atoms with E-state index in [9.17, 15) is 22.8 Å². The Hall–Kier alpha value is -1.85. The molecule has 0 spiro atoms. The fourth-order valence-corrected chi connectivity index (χ4v) is 2.10. The Bertz CT molecular complexity index is 511. The monoisotopic (exact) mass is 271 g/mol. The third-order valence-corrected chi connectivity index (χ3v) is 3.00. The summed E-state index contributed by atoms with van der Waals surface area (Å²) in [5, 5.41) is 0. The van der Waals surface area contributed by atoms with Gasteiger partial charge in [0.25, 0.3) is 5.91 Å². The highest BCUT2D eigenvalue weighted by molar-refractivity contribution is 5.98. The molecule has 0 aromatic heterocycles. The van der Waals surface area contributed by atoms with E-state index in [1.54, 1.807) is 0 Å². The van der Waals surface area contributed by atoms with Crippen molar-refractivity contribution in [3.63, 3.8) is 0 Å². The lowest BCUT2D eigenvalue weighted by Gasteiger charge is -2.26. The van der Waals surface area contributed by atoms with Gasteiger partial charge in [-0.2, -0.15) is 13.2 Å². The van der Waals surface area contributed by atoms with Crippen LogP contribution in [0.5, 0.6) is 0 Å². The quantitative estimate of drug-likeness (QED) is 0.787. The molecule has 1 fully saturated rings. The predicted molar refractivity (Wildman–Crippen MR) is 61.6 cm³/mol. The zero-order valence-corrected chi connectivity index (χ0v) is 10.0. The van der Waals surface area contributed by atoms with Crippen LogP contribution in [0.4, 0.5) is 13.2 Å². The molecule has 1 heterocycles. The molecule has 6 heteroatoms. The molecule has 0 atom stereocenters. The van der Waals surface area contributed by atoms with Crippen molar-refractivity contribution in [2.45, 2.75) is 19.0 Å². The first-order valence-electron chi connectivity index (χ1n) is 5.87. The molecule has 0 N–H and O–H groups in total. The number of hydrogen-bond acceptors (Lipinski definition) is 2. The van der Waals surface area contributed by atoms with Crippen molar-refractivity contribution in [1.82, 2.24) is 4.90 Å². The number of ketones is 1. The number of rotatable bonds is 1. The minimum absolute atomic E-state index is 0.106. The van der Waals surface area contributed by atoms with Crippen LogP contribution in [-0.2, 0) is 11.0 Å². The van der Waals surface area contributed by atoms with E-state index >= 15 is 0 Å². The number of hydrogen-bond donors (Lipinski definition) is 0. The third kappa shape index (κ3) is 2.94. The van der Waals surface area contributed by atoms with Crippen LogP contribution >= 0.6 is 0 Å². The van der Waals surface area contributed by atoms with Crippen LogP contribution in [-0.4, -0.2) is 29.7 Å². The molecule has 1 aromatic carbocycles. The molecule has 102 valence electrons. The summed E-state index contributed by atoms with van der Waals surface area (Å²) in [6.07, 6.45) is -3.70. The molecule has 1 aliphatic rings. The van der Waals surface area contributed by atoms with Gasteiger partial charge in [-0.25, -0.2) is 0 Å². The highest BCUT2D eigenvalue weighted by Crippen LogP contribution is 2.32. The number of carbonyl (C=O) groups is 2. The van der Waals surface area contributed by atoms with Crippen molar-refractivity contribution in [3.05, 3.63) is 35.4 Å². The second-order valence-corrected chi connectivity index (χ2v) is 4.41. The summed E-state index contributed by atoms with van der Waals surface area (Å²) < 4.78 is 38.4. The maximum absolute atomic E-state index is 12.8. The van der Waals surface area contributed by atoms with Crippen LogP contribution in [0.1, 0.15) is 28.8 Å². The van der Waals surface area contributed by atoms with E-state index in [1.165, 1.54) is 17.0 Å². The summed E-state index contributed by atoms with van der Waals surface area (Å²) in [6, 6.07) is 4.64. The number of benzene rings is 1. The van der Waals surface area contributed by atoms with Crippen LogP contribution in [0.15, 0.2) is 24.3 Å².